The van der Waals surface area contributed by atoms with Crippen molar-refractivity contribution in [1.29, 1.82) is 0 Å². The topological polar surface area (TPSA) is 46.5 Å². The van der Waals surface area contributed by atoms with Gasteiger partial charge in [-0.3, -0.25) is 0 Å². The fourth-order valence-electron chi connectivity index (χ4n) is 2.52. The zero-order chi connectivity index (χ0) is 14.8. The van der Waals surface area contributed by atoms with E-state index in [0.717, 1.165) is 19.3 Å². The lowest BCUT2D eigenvalue weighted by Crippen LogP contribution is -2.05. The van der Waals surface area contributed by atoms with Gasteiger partial charge in [-0.15, -0.1) is 6.58 Å². The Morgan fingerprint density at radius 3 is 2.15 bits per heavy atom. The molecule has 0 aromatic rings. The third-order valence-electron chi connectivity index (χ3n) is 3.81. The van der Waals surface area contributed by atoms with Gasteiger partial charge in [0, 0.05) is 0 Å². The van der Waals surface area contributed by atoms with Gasteiger partial charge in [0.15, 0.2) is 6.10 Å². The number of allylic oxidation sites excluding steroid dienone is 1. The molecule has 1 rings (SSSR count). The average molecular weight is 280 g/mol. The quantitative estimate of drug-likeness (QED) is 0.335. The SMILES string of the molecule is C=CCCCCCCCCCCC1=C(O)[C@H](C)OC1=O. The molecule has 1 aliphatic rings. The van der Waals surface area contributed by atoms with E-state index in [2.05, 4.69) is 6.58 Å². The number of esters is 1. The minimum atomic E-state index is -0.451. The Morgan fingerprint density at radius 1 is 1.10 bits per heavy atom. The van der Waals surface area contributed by atoms with Crippen molar-refractivity contribution in [2.75, 3.05) is 0 Å². The molecule has 1 heterocycles. The molecule has 0 spiro atoms. The number of aliphatic hydroxyl groups is 1. The van der Waals surface area contributed by atoms with Gasteiger partial charge in [-0.05, 0) is 32.6 Å². The number of unbranched alkanes of at least 4 members (excludes halogenated alkanes) is 8. The first kappa shape index (κ1) is 16.8. The molecule has 1 aliphatic heterocycles. The van der Waals surface area contributed by atoms with E-state index in [1.165, 1.54) is 38.5 Å². The van der Waals surface area contributed by atoms with Gasteiger partial charge in [-0.1, -0.05) is 44.6 Å². The number of hydrogen-bond acceptors (Lipinski definition) is 3. The first-order valence-electron chi connectivity index (χ1n) is 7.90. The number of carbonyl (C=O) groups excluding carboxylic acids is 1. The first-order valence-corrected chi connectivity index (χ1v) is 7.90. The molecule has 0 saturated heterocycles. The third-order valence-corrected chi connectivity index (χ3v) is 3.81. The van der Waals surface area contributed by atoms with Crippen molar-refractivity contribution >= 4 is 5.97 Å². The molecule has 1 atom stereocenters. The van der Waals surface area contributed by atoms with Gasteiger partial charge < -0.3 is 9.84 Å². The van der Waals surface area contributed by atoms with E-state index in [1.807, 2.05) is 6.08 Å². The fourth-order valence-corrected chi connectivity index (χ4v) is 2.52. The second-order valence-electron chi connectivity index (χ2n) is 5.57. The van der Waals surface area contributed by atoms with E-state index in [0.29, 0.717) is 12.0 Å². The van der Waals surface area contributed by atoms with Gasteiger partial charge in [0.1, 0.15) is 5.76 Å². The van der Waals surface area contributed by atoms with E-state index >= 15 is 0 Å². The number of ether oxygens (including phenoxy) is 1. The highest BCUT2D eigenvalue weighted by Crippen LogP contribution is 2.24. The minimum absolute atomic E-state index is 0.136. The van der Waals surface area contributed by atoms with Crippen LogP contribution in [0, 0.1) is 0 Å². The van der Waals surface area contributed by atoms with E-state index < -0.39 is 6.10 Å². The van der Waals surface area contributed by atoms with Crippen molar-refractivity contribution in [2.45, 2.75) is 77.2 Å². The third kappa shape index (κ3) is 5.81. The summed E-state index contributed by atoms with van der Waals surface area (Å²) in [5, 5.41) is 9.70. The van der Waals surface area contributed by atoms with Gasteiger partial charge in [-0.2, -0.15) is 0 Å². The molecule has 114 valence electrons. The van der Waals surface area contributed by atoms with Crippen LogP contribution >= 0.6 is 0 Å². The summed E-state index contributed by atoms with van der Waals surface area (Å²) in [6.07, 6.45) is 13.0. The maximum absolute atomic E-state index is 11.4. The zero-order valence-electron chi connectivity index (χ0n) is 12.7. The Morgan fingerprint density at radius 2 is 1.65 bits per heavy atom. The molecule has 20 heavy (non-hydrogen) atoms. The van der Waals surface area contributed by atoms with Crippen LogP contribution in [0.5, 0.6) is 0 Å². The smallest absolute Gasteiger partial charge is 0.338 e. The molecule has 0 radical (unpaired) electrons. The first-order chi connectivity index (χ1) is 9.66. The zero-order valence-corrected chi connectivity index (χ0v) is 12.7. The van der Waals surface area contributed by atoms with Gasteiger partial charge in [0.05, 0.1) is 5.57 Å². The Hall–Kier alpha value is -1.25. The van der Waals surface area contributed by atoms with Gasteiger partial charge >= 0.3 is 5.97 Å². The molecule has 1 N–H and O–H groups in total. The number of hydrogen-bond donors (Lipinski definition) is 1. The Labute approximate surface area is 122 Å². The molecule has 0 unspecified atom stereocenters. The highest BCUT2D eigenvalue weighted by molar-refractivity contribution is 5.91. The summed E-state index contributed by atoms with van der Waals surface area (Å²) >= 11 is 0. The van der Waals surface area contributed by atoms with Gasteiger partial charge in [0.25, 0.3) is 0 Å². The molecule has 0 aliphatic carbocycles. The van der Waals surface area contributed by atoms with Crippen molar-refractivity contribution in [3.8, 4) is 0 Å². The molecule has 0 bridgehead atoms. The van der Waals surface area contributed by atoms with E-state index in [9.17, 15) is 9.90 Å². The van der Waals surface area contributed by atoms with Crippen molar-refractivity contribution < 1.29 is 14.6 Å². The second kappa shape index (κ2) is 9.62. The Bertz CT molecular complexity index is 344. The van der Waals surface area contributed by atoms with E-state index in [-0.39, 0.29) is 11.7 Å². The lowest BCUT2D eigenvalue weighted by molar-refractivity contribution is -0.139. The fraction of sp³-hybridized carbons (Fsp3) is 0.706. The molecule has 0 amide bonds. The van der Waals surface area contributed by atoms with E-state index in [4.69, 9.17) is 4.74 Å². The average Bonchev–Trinajstić information content (AvgIpc) is 2.67. The van der Waals surface area contributed by atoms with Crippen LogP contribution in [0.25, 0.3) is 0 Å². The number of aliphatic hydroxyl groups excluding tert-OH is 1. The van der Waals surface area contributed by atoms with E-state index in [1.54, 1.807) is 6.92 Å². The van der Waals surface area contributed by atoms with Crippen LogP contribution < -0.4 is 0 Å². The predicted octanol–water partition coefficient (Wildman–Crippen LogP) is 4.83. The second-order valence-corrected chi connectivity index (χ2v) is 5.57. The van der Waals surface area contributed by atoms with Crippen LogP contribution in [-0.4, -0.2) is 17.2 Å². The van der Waals surface area contributed by atoms with Crippen LogP contribution in [0.4, 0.5) is 0 Å². The summed E-state index contributed by atoms with van der Waals surface area (Å²) in [5.41, 5.74) is 0.488. The summed E-state index contributed by atoms with van der Waals surface area (Å²) in [5.74, 6) is -0.200. The van der Waals surface area contributed by atoms with Crippen LogP contribution in [0.15, 0.2) is 24.0 Å². The summed E-state index contributed by atoms with van der Waals surface area (Å²) in [7, 11) is 0. The standard InChI is InChI=1S/C17H28O3/c1-3-4-5-6-7-8-9-10-11-12-13-15-16(18)14(2)20-17(15)19/h3,14,18H,1,4-13H2,2H3/t14-/m0/s1. The maximum Gasteiger partial charge on any atom is 0.338 e. The van der Waals surface area contributed by atoms with Crippen molar-refractivity contribution in [3.63, 3.8) is 0 Å². The maximum atomic E-state index is 11.4. The molecular weight excluding hydrogens is 252 g/mol. The molecule has 3 nitrogen and oxygen atoms in total. The van der Waals surface area contributed by atoms with Crippen molar-refractivity contribution in [3.05, 3.63) is 24.0 Å². The normalized spacial score (nSPS) is 18.4. The van der Waals surface area contributed by atoms with Crippen LogP contribution in [0.3, 0.4) is 0 Å². The summed E-state index contributed by atoms with van der Waals surface area (Å²) in [6, 6.07) is 0. The summed E-state index contributed by atoms with van der Waals surface area (Å²) < 4.78 is 4.96. The van der Waals surface area contributed by atoms with Crippen molar-refractivity contribution in [1.82, 2.24) is 0 Å². The molecule has 0 saturated carbocycles. The van der Waals surface area contributed by atoms with Gasteiger partial charge in [0.2, 0.25) is 0 Å². The van der Waals surface area contributed by atoms with Crippen LogP contribution in [-0.2, 0) is 9.53 Å². The molecule has 0 aromatic carbocycles. The minimum Gasteiger partial charge on any atom is -0.508 e. The molecule has 0 aromatic heterocycles. The Balaban J connectivity index is 1.97. The van der Waals surface area contributed by atoms with Crippen LogP contribution in [0.1, 0.15) is 71.1 Å². The lowest BCUT2D eigenvalue weighted by atomic mass is 10.0. The largest absolute Gasteiger partial charge is 0.508 e. The van der Waals surface area contributed by atoms with Crippen LogP contribution in [0.2, 0.25) is 0 Å². The Kier molecular flexibility index (Phi) is 8.08. The number of cyclic esters (lactones) is 1. The monoisotopic (exact) mass is 280 g/mol. The highest BCUT2D eigenvalue weighted by atomic mass is 16.6. The molecule has 3 heteroatoms. The van der Waals surface area contributed by atoms with Gasteiger partial charge in [-0.25, -0.2) is 4.79 Å². The highest BCUT2D eigenvalue weighted by Gasteiger charge is 2.30. The summed E-state index contributed by atoms with van der Waals surface area (Å²) in [6.45, 7) is 5.42. The van der Waals surface area contributed by atoms with Crippen molar-refractivity contribution in [2.24, 2.45) is 0 Å². The predicted molar refractivity (Wildman–Crippen MR) is 81.6 cm³/mol. The number of rotatable bonds is 11. The number of carbonyl (C=O) groups is 1. The molecular formula is C17H28O3. The lowest BCUT2D eigenvalue weighted by Gasteiger charge is -2.02. The summed E-state index contributed by atoms with van der Waals surface area (Å²) in [4.78, 5) is 11.4. The molecule has 0 fully saturated rings.